The number of hydrogen-bond acceptors (Lipinski definition) is 4. The van der Waals surface area contributed by atoms with E-state index in [0.29, 0.717) is 22.5 Å². The summed E-state index contributed by atoms with van der Waals surface area (Å²) in [6, 6.07) is 10.8. The minimum Gasteiger partial charge on any atom is -0.459 e. The van der Waals surface area contributed by atoms with Crippen molar-refractivity contribution >= 4 is 11.6 Å². The van der Waals surface area contributed by atoms with Crippen LogP contribution in [0.5, 0.6) is 0 Å². The van der Waals surface area contributed by atoms with E-state index in [9.17, 15) is 0 Å². The van der Waals surface area contributed by atoms with E-state index < -0.39 is 0 Å². The van der Waals surface area contributed by atoms with E-state index >= 15 is 0 Å². The lowest BCUT2D eigenvalue weighted by Crippen LogP contribution is -1.80. The molecule has 0 saturated heterocycles. The van der Waals surface area contributed by atoms with Crippen LogP contribution in [-0.2, 0) is 0 Å². The number of furan rings is 1. The Bertz CT molecular complexity index is 632. The zero-order valence-electron chi connectivity index (χ0n) is 8.63. The van der Waals surface area contributed by atoms with Gasteiger partial charge < -0.3 is 8.94 Å². The molecule has 0 aliphatic heterocycles. The van der Waals surface area contributed by atoms with Gasteiger partial charge in [0.05, 0.1) is 6.26 Å². The summed E-state index contributed by atoms with van der Waals surface area (Å²) in [5.74, 6) is 1.38. The highest BCUT2D eigenvalue weighted by molar-refractivity contribution is 6.30. The molecule has 0 radical (unpaired) electrons. The van der Waals surface area contributed by atoms with Gasteiger partial charge in [0.2, 0.25) is 5.82 Å². The molecule has 0 N–H and O–H groups in total. The molecule has 17 heavy (non-hydrogen) atoms. The molecule has 2 aromatic heterocycles. The van der Waals surface area contributed by atoms with Crippen LogP contribution < -0.4 is 0 Å². The fourth-order valence-electron chi connectivity index (χ4n) is 1.47. The molecule has 0 aliphatic carbocycles. The van der Waals surface area contributed by atoms with E-state index in [1.54, 1.807) is 30.5 Å². The summed E-state index contributed by atoms with van der Waals surface area (Å²) in [6.07, 6.45) is 1.55. The van der Waals surface area contributed by atoms with Crippen LogP contribution in [0.4, 0.5) is 0 Å². The second-order valence-electron chi connectivity index (χ2n) is 3.41. The average Bonchev–Trinajstić information content (AvgIpc) is 3.00. The van der Waals surface area contributed by atoms with E-state index in [-0.39, 0.29) is 0 Å². The van der Waals surface area contributed by atoms with Crippen molar-refractivity contribution in [1.82, 2.24) is 10.1 Å². The number of nitrogens with zero attached hydrogens (tertiary/aromatic N) is 2. The van der Waals surface area contributed by atoms with Crippen molar-refractivity contribution in [3.63, 3.8) is 0 Å². The first kappa shape index (κ1) is 10.1. The van der Waals surface area contributed by atoms with E-state index in [4.69, 9.17) is 20.5 Å². The summed E-state index contributed by atoms with van der Waals surface area (Å²) in [7, 11) is 0. The van der Waals surface area contributed by atoms with Crippen LogP contribution in [-0.4, -0.2) is 10.1 Å². The van der Waals surface area contributed by atoms with E-state index in [1.165, 1.54) is 0 Å². The Morgan fingerprint density at radius 1 is 1.12 bits per heavy atom. The molecule has 1 aromatic carbocycles. The van der Waals surface area contributed by atoms with Crippen molar-refractivity contribution in [2.75, 3.05) is 0 Å². The zero-order valence-corrected chi connectivity index (χ0v) is 9.39. The lowest BCUT2D eigenvalue weighted by Gasteiger charge is -1.93. The van der Waals surface area contributed by atoms with Gasteiger partial charge >= 0.3 is 0 Å². The van der Waals surface area contributed by atoms with Gasteiger partial charge in [-0.2, -0.15) is 4.98 Å². The number of hydrogen-bond donors (Lipinski definition) is 0. The van der Waals surface area contributed by atoms with Gasteiger partial charge in [-0.1, -0.05) is 28.9 Å². The van der Waals surface area contributed by atoms with Crippen molar-refractivity contribution in [3.8, 4) is 23.0 Å². The molecule has 0 aliphatic rings. The van der Waals surface area contributed by atoms with E-state index in [0.717, 1.165) is 5.56 Å². The molecule has 84 valence electrons. The Kier molecular flexibility index (Phi) is 2.42. The third-order valence-corrected chi connectivity index (χ3v) is 2.48. The second-order valence-corrected chi connectivity index (χ2v) is 3.85. The van der Waals surface area contributed by atoms with Crippen LogP contribution in [0.3, 0.4) is 0 Å². The highest BCUT2D eigenvalue weighted by atomic mass is 35.5. The third-order valence-electron chi connectivity index (χ3n) is 2.24. The highest BCUT2D eigenvalue weighted by Crippen LogP contribution is 2.23. The molecule has 0 bridgehead atoms. The number of halogens is 1. The SMILES string of the molecule is Clc1cccc(-c2noc(-c3ccco3)n2)c1. The molecule has 3 aromatic rings. The predicted molar refractivity (Wildman–Crippen MR) is 62.4 cm³/mol. The topological polar surface area (TPSA) is 52.1 Å². The number of rotatable bonds is 2. The van der Waals surface area contributed by atoms with Gasteiger partial charge in [-0.05, 0) is 24.3 Å². The van der Waals surface area contributed by atoms with Crippen LogP contribution in [0.25, 0.3) is 23.0 Å². The monoisotopic (exact) mass is 246 g/mol. The number of benzene rings is 1. The molecule has 3 rings (SSSR count). The molecule has 0 saturated carbocycles. The van der Waals surface area contributed by atoms with Gasteiger partial charge in [0.25, 0.3) is 5.89 Å². The molecule has 0 spiro atoms. The van der Waals surface area contributed by atoms with Crippen molar-refractivity contribution in [2.24, 2.45) is 0 Å². The van der Waals surface area contributed by atoms with Crippen LogP contribution >= 0.6 is 11.6 Å². The van der Waals surface area contributed by atoms with Crippen molar-refractivity contribution < 1.29 is 8.94 Å². The van der Waals surface area contributed by atoms with Gasteiger partial charge in [-0.25, -0.2) is 0 Å². The summed E-state index contributed by atoms with van der Waals surface area (Å²) in [4.78, 5) is 4.23. The Balaban J connectivity index is 2.01. The van der Waals surface area contributed by atoms with Crippen LogP contribution in [0.1, 0.15) is 0 Å². The highest BCUT2D eigenvalue weighted by Gasteiger charge is 2.12. The maximum atomic E-state index is 5.90. The second kappa shape index (κ2) is 4.07. The normalized spacial score (nSPS) is 10.6. The Hall–Kier alpha value is -2.07. The lowest BCUT2D eigenvalue weighted by molar-refractivity contribution is 0.417. The average molecular weight is 247 g/mol. The molecule has 0 atom stereocenters. The van der Waals surface area contributed by atoms with Gasteiger partial charge in [-0.15, -0.1) is 0 Å². The molecule has 0 unspecified atom stereocenters. The fraction of sp³-hybridized carbons (Fsp3) is 0. The molecule has 5 heteroatoms. The molecule has 4 nitrogen and oxygen atoms in total. The van der Waals surface area contributed by atoms with Crippen molar-refractivity contribution in [3.05, 3.63) is 47.7 Å². The maximum Gasteiger partial charge on any atom is 0.293 e. The quantitative estimate of drug-likeness (QED) is 0.693. The Labute approximate surface area is 102 Å². The first-order valence-electron chi connectivity index (χ1n) is 4.96. The first-order chi connectivity index (χ1) is 8.33. The molecule has 2 heterocycles. The Morgan fingerprint density at radius 3 is 2.82 bits per heavy atom. The van der Waals surface area contributed by atoms with Crippen LogP contribution in [0.2, 0.25) is 5.02 Å². The standard InChI is InChI=1S/C12H7ClN2O2/c13-9-4-1-3-8(7-9)11-14-12(17-15-11)10-5-2-6-16-10/h1-7H. The van der Waals surface area contributed by atoms with Gasteiger partial charge in [0, 0.05) is 10.6 Å². The Morgan fingerprint density at radius 2 is 2.06 bits per heavy atom. The van der Waals surface area contributed by atoms with E-state index in [2.05, 4.69) is 10.1 Å². The zero-order chi connectivity index (χ0) is 11.7. The minimum absolute atomic E-state index is 0.352. The number of aromatic nitrogens is 2. The molecular formula is C12H7ClN2O2. The van der Waals surface area contributed by atoms with E-state index in [1.807, 2.05) is 12.1 Å². The summed E-state index contributed by atoms with van der Waals surface area (Å²) in [6.45, 7) is 0. The van der Waals surface area contributed by atoms with Gasteiger partial charge in [0.15, 0.2) is 5.76 Å². The smallest absolute Gasteiger partial charge is 0.293 e. The lowest BCUT2D eigenvalue weighted by atomic mass is 10.2. The summed E-state index contributed by atoms with van der Waals surface area (Å²) >= 11 is 5.90. The van der Waals surface area contributed by atoms with Crippen LogP contribution in [0.15, 0.2) is 51.6 Å². The predicted octanol–water partition coefficient (Wildman–Crippen LogP) is 3.65. The summed E-state index contributed by atoms with van der Waals surface area (Å²) < 4.78 is 10.3. The molecule has 0 fully saturated rings. The van der Waals surface area contributed by atoms with Crippen LogP contribution in [0, 0.1) is 0 Å². The molecular weight excluding hydrogens is 240 g/mol. The third kappa shape index (κ3) is 1.94. The van der Waals surface area contributed by atoms with Gasteiger partial charge in [0.1, 0.15) is 0 Å². The van der Waals surface area contributed by atoms with Crippen molar-refractivity contribution in [2.45, 2.75) is 0 Å². The largest absolute Gasteiger partial charge is 0.459 e. The first-order valence-corrected chi connectivity index (χ1v) is 5.34. The maximum absolute atomic E-state index is 5.90. The minimum atomic E-state index is 0.352. The summed E-state index contributed by atoms with van der Waals surface area (Å²) in [5.41, 5.74) is 0.805. The van der Waals surface area contributed by atoms with Gasteiger partial charge in [-0.3, -0.25) is 0 Å². The van der Waals surface area contributed by atoms with Crippen molar-refractivity contribution in [1.29, 1.82) is 0 Å². The fourth-order valence-corrected chi connectivity index (χ4v) is 1.66. The summed E-state index contributed by atoms with van der Waals surface area (Å²) in [5, 5.41) is 4.51. The molecule has 0 amide bonds.